The molecule has 2 aromatic carbocycles. The summed E-state index contributed by atoms with van der Waals surface area (Å²) in [5.41, 5.74) is 2.70. The summed E-state index contributed by atoms with van der Waals surface area (Å²) in [5.74, 6) is 0.202. The summed E-state index contributed by atoms with van der Waals surface area (Å²) in [6.07, 6.45) is 1.10. The maximum Gasteiger partial charge on any atom is 0.141 e. The van der Waals surface area contributed by atoms with Crippen LogP contribution in [0.3, 0.4) is 0 Å². The number of rotatable bonds is 7. The Morgan fingerprint density at radius 1 is 1.21 bits per heavy atom. The first-order valence-electron chi connectivity index (χ1n) is 8.25. The normalized spacial score (nSPS) is 10.7. The number of hydrogen-bond donors (Lipinski definition) is 1. The summed E-state index contributed by atoms with van der Waals surface area (Å²) in [5, 5.41) is 12.3. The van der Waals surface area contributed by atoms with Gasteiger partial charge in [-0.25, -0.2) is 4.39 Å². The van der Waals surface area contributed by atoms with Crippen molar-refractivity contribution >= 4 is 0 Å². The van der Waals surface area contributed by atoms with Gasteiger partial charge in [0.2, 0.25) is 0 Å². The largest absolute Gasteiger partial charge is 0.490 e. The van der Waals surface area contributed by atoms with Gasteiger partial charge in [-0.05, 0) is 62.2 Å². The molecule has 3 nitrogen and oxygen atoms in total. The third-order valence-corrected chi connectivity index (χ3v) is 3.56. The van der Waals surface area contributed by atoms with Crippen LogP contribution in [0.1, 0.15) is 38.3 Å². The molecule has 4 heteroatoms. The average Bonchev–Trinajstić information content (AvgIpc) is 2.55. The van der Waals surface area contributed by atoms with Crippen molar-refractivity contribution in [2.45, 2.75) is 39.8 Å². The van der Waals surface area contributed by atoms with Gasteiger partial charge in [0.25, 0.3) is 0 Å². The number of nitriles is 1. The molecule has 0 fully saturated rings. The molecule has 1 N–H and O–H groups in total. The van der Waals surface area contributed by atoms with E-state index in [1.54, 1.807) is 6.07 Å². The van der Waals surface area contributed by atoms with Crippen LogP contribution < -0.4 is 10.1 Å². The van der Waals surface area contributed by atoms with Crippen molar-refractivity contribution in [1.29, 1.82) is 5.26 Å². The first-order valence-corrected chi connectivity index (χ1v) is 8.25. The molecular weight excluding hydrogens is 303 g/mol. The van der Waals surface area contributed by atoms with E-state index in [-0.39, 0.29) is 11.7 Å². The van der Waals surface area contributed by atoms with E-state index in [0.29, 0.717) is 11.3 Å². The summed E-state index contributed by atoms with van der Waals surface area (Å²) in [6.45, 7) is 7.74. The molecular formula is C20H23FN2O. The van der Waals surface area contributed by atoms with E-state index < -0.39 is 5.82 Å². The van der Waals surface area contributed by atoms with Crippen LogP contribution in [0.2, 0.25) is 0 Å². The molecule has 0 radical (unpaired) electrons. The van der Waals surface area contributed by atoms with Gasteiger partial charge in [0.05, 0.1) is 11.7 Å². The molecule has 0 aliphatic heterocycles. The smallest absolute Gasteiger partial charge is 0.141 e. The van der Waals surface area contributed by atoms with Crippen molar-refractivity contribution in [2.24, 2.45) is 0 Å². The summed E-state index contributed by atoms with van der Waals surface area (Å²) in [6, 6.07) is 12.5. The summed E-state index contributed by atoms with van der Waals surface area (Å²) in [7, 11) is 0. The highest BCUT2D eigenvalue weighted by atomic mass is 19.1. The highest BCUT2D eigenvalue weighted by Crippen LogP contribution is 2.32. The third-order valence-electron chi connectivity index (χ3n) is 3.56. The molecule has 126 valence electrons. The van der Waals surface area contributed by atoms with E-state index in [0.717, 1.165) is 30.6 Å². The van der Waals surface area contributed by atoms with Gasteiger partial charge < -0.3 is 10.1 Å². The van der Waals surface area contributed by atoms with Crippen LogP contribution in [-0.2, 0) is 6.54 Å². The summed E-state index contributed by atoms with van der Waals surface area (Å²) in [4.78, 5) is 0. The lowest BCUT2D eigenvalue weighted by molar-refractivity contribution is 0.243. The Morgan fingerprint density at radius 3 is 2.62 bits per heavy atom. The molecule has 0 unspecified atom stereocenters. The zero-order valence-corrected chi connectivity index (χ0v) is 14.4. The van der Waals surface area contributed by atoms with Gasteiger partial charge in [-0.2, -0.15) is 5.26 Å². The Morgan fingerprint density at radius 2 is 2.00 bits per heavy atom. The highest BCUT2D eigenvalue weighted by molar-refractivity contribution is 5.72. The van der Waals surface area contributed by atoms with Crippen molar-refractivity contribution in [3.8, 4) is 22.9 Å². The minimum Gasteiger partial charge on any atom is -0.490 e. The number of nitrogens with zero attached hydrogens (tertiary/aromatic N) is 1. The fourth-order valence-corrected chi connectivity index (χ4v) is 2.45. The quantitative estimate of drug-likeness (QED) is 0.753. The SMILES string of the molecule is CCCNCc1ccc(OC(C)C)c(-c2ccc(C#N)c(F)c2)c1. The second-order valence-electron chi connectivity index (χ2n) is 5.98. The Balaban J connectivity index is 2.41. The van der Waals surface area contributed by atoms with Gasteiger partial charge in [-0.15, -0.1) is 0 Å². The van der Waals surface area contributed by atoms with Gasteiger partial charge in [0, 0.05) is 12.1 Å². The fraction of sp³-hybridized carbons (Fsp3) is 0.350. The molecule has 2 aromatic rings. The molecule has 0 saturated carbocycles. The van der Waals surface area contributed by atoms with Crippen LogP contribution in [0.15, 0.2) is 36.4 Å². The van der Waals surface area contributed by atoms with Crippen LogP contribution in [0.5, 0.6) is 5.75 Å². The minimum atomic E-state index is -0.514. The van der Waals surface area contributed by atoms with Crippen LogP contribution in [0, 0.1) is 17.1 Å². The van der Waals surface area contributed by atoms with Gasteiger partial charge in [-0.3, -0.25) is 0 Å². The number of benzene rings is 2. The Kier molecular flexibility index (Phi) is 6.34. The lowest BCUT2D eigenvalue weighted by Gasteiger charge is -2.16. The van der Waals surface area contributed by atoms with Gasteiger partial charge in [-0.1, -0.05) is 19.1 Å². The van der Waals surface area contributed by atoms with Crippen molar-refractivity contribution in [2.75, 3.05) is 6.54 Å². The lowest BCUT2D eigenvalue weighted by atomic mass is 10.00. The first kappa shape index (κ1) is 18.0. The predicted molar refractivity (Wildman–Crippen MR) is 94.3 cm³/mol. The van der Waals surface area contributed by atoms with E-state index in [2.05, 4.69) is 12.2 Å². The number of halogens is 1. The zero-order valence-electron chi connectivity index (χ0n) is 14.4. The van der Waals surface area contributed by atoms with E-state index in [9.17, 15) is 4.39 Å². The Hall–Kier alpha value is -2.38. The van der Waals surface area contributed by atoms with E-state index in [1.807, 2.05) is 38.1 Å². The minimum absolute atomic E-state index is 0.0241. The molecule has 0 atom stereocenters. The van der Waals surface area contributed by atoms with Crippen LogP contribution in [0.4, 0.5) is 4.39 Å². The molecule has 0 aliphatic carbocycles. The number of ether oxygens (including phenoxy) is 1. The Labute approximate surface area is 143 Å². The standard InChI is InChI=1S/C20H23FN2O/c1-4-9-23-13-15-5-8-20(24-14(2)3)18(10-15)16-6-7-17(12-22)19(21)11-16/h5-8,10-11,14,23H,4,9,13H2,1-3H3. The topological polar surface area (TPSA) is 45.0 Å². The van der Waals surface area contributed by atoms with Crippen molar-refractivity contribution in [1.82, 2.24) is 5.32 Å². The predicted octanol–water partition coefficient (Wildman–Crippen LogP) is 4.65. The van der Waals surface area contributed by atoms with Crippen molar-refractivity contribution in [3.05, 3.63) is 53.3 Å². The zero-order chi connectivity index (χ0) is 17.5. The molecule has 24 heavy (non-hydrogen) atoms. The van der Waals surface area contributed by atoms with Gasteiger partial charge >= 0.3 is 0 Å². The second-order valence-corrected chi connectivity index (χ2v) is 5.98. The maximum atomic E-state index is 14.0. The molecule has 0 spiro atoms. The van der Waals surface area contributed by atoms with Crippen molar-refractivity contribution < 1.29 is 9.13 Å². The molecule has 0 heterocycles. The van der Waals surface area contributed by atoms with E-state index in [4.69, 9.17) is 10.00 Å². The summed E-state index contributed by atoms with van der Waals surface area (Å²) >= 11 is 0. The molecule has 0 bridgehead atoms. The molecule has 0 aliphatic rings. The molecule has 0 saturated heterocycles. The highest BCUT2D eigenvalue weighted by Gasteiger charge is 2.12. The van der Waals surface area contributed by atoms with E-state index >= 15 is 0 Å². The third kappa shape index (κ3) is 4.56. The molecule has 0 aromatic heterocycles. The molecule has 0 amide bonds. The fourth-order valence-electron chi connectivity index (χ4n) is 2.45. The van der Waals surface area contributed by atoms with Crippen LogP contribution in [-0.4, -0.2) is 12.6 Å². The van der Waals surface area contributed by atoms with Crippen molar-refractivity contribution in [3.63, 3.8) is 0 Å². The Bertz CT molecular complexity index is 735. The average molecular weight is 326 g/mol. The van der Waals surface area contributed by atoms with Gasteiger partial charge in [0.1, 0.15) is 17.6 Å². The van der Waals surface area contributed by atoms with Crippen LogP contribution >= 0.6 is 0 Å². The second kappa shape index (κ2) is 8.47. The first-order chi connectivity index (χ1) is 11.5. The van der Waals surface area contributed by atoms with Crippen LogP contribution in [0.25, 0.3) is 11.1 Å². The number of hydrogen-bond acceptors (Lipinski definition) is 3. The molecule has 2 rings (SSSR count). The maximum absolute atomic E-state index is 14.0. The lowest BCUT2D eigenvalue weighted by Crippen LogP contribution is -2.14. The van der Waals surface area contributed by atoms with E-state index in [1.165, 1.54) is 12.1 Å². The number of nitrogens with one attached hydrogen (secondary N) is 1. The summed E-state index contributed by atoms with van der Waals surface area (Å²) < 4.78 is 19.9. The monoisotopic (exact) mass is 326 g/mol. The van der Waals surface area contributed by atoms with Gasteiger partial charge in [0.15, 0.2) is 0 Å².